The van der Waals surface area contributed by atoms with Gasteiger partial charge in [0.15, 0.2) is 0 Å². The third kappa shape index (κ3) is 6.00. The van der Waals surface area contributed by atoms with Crippen molar-refractivity contribution in [2.24, 2.45) is 0 Å². The van der Waals surface area contributed by atoms with Crippen molar-refractivity contribution in [3.8, 4) is 5.75 Å². The molecule has 0 bridgehead atoms. The molecule has 0 saturated carbocycles. The quantitative estimate of drug-likeness (QED) is 0.542. The average Bonchev–Trinajstić information content (AvgIpc) is 3.13. The van der Waals surface area contributed by atoms with Gasteiger partial charge in [-0.2, -0.15) is 0 Å². The van der Waals surface area contributed by atoms with Gasteiger partial charge in [0, 0.05) is 18.5 Å². The summed E-state index contributed by atoms with van der Waals surface area (Å²) in [6.45, 7) is 4.30. The zero-order valence-electron chi connectivity index (χ0n) is 18.5. The molecule has 1 saturated heterocycles. The second-order valence-corrected chi connectivity index (χ2v) is 8.23. The number of carbonyl (C=O) groups excluding carboxylic acids is 2. The summed E-state index contributed by atoms with van der Waals surface area (Å²) in [4.78, 5) is 29.8. The van der Waals surface area contributed by atoms with E-state index >= 15 is 0 Å². The van der Waals surface area contributed by atoms with Crippen molar-refractivity contribution in [3.63, 3.8) is 0 Å². The summed E-state index contributed by atoms with van der Waals surface area (Å²) in [5.74, 6) is 0.301. The molecule has 3 rings (SSSR count). The standard InChI is InChI=1S/C24H29ClN2O5/c1-16(2)32-22(13-18-9-10-21(30-3)19(11-18)14-26-25)23(28)27-20(15-31-24(27)29)12-17-7-5-4-6-8-17/h4-11,16,20,22,26H,12-15H2,1-3H3/t20-,22-/m0/s1. The second kappa shape index (κ2) is 11.3. The van der Waals surface area contributed by atoms with Gasteiger partial charge < -0.3 is 14.2 Å². The summed E-state index contributed by atoms with van der Waals surface area (Å²) in [6.07, 6.45) is -0.824. The third-order valence-corrected chi connectivity index (χ3v) is 5.38. The van der Waals surface area contributed by atoms with E-state index in [2.05, 4.69) is 4.84 Å². The number of imide groups is 1. The van der Waals surface area contributed by atoms with Crippen LogP contribution in [0.1, 0.15) is 30.5 Å². The van der Waals surface area contributed by atoms with Crippen LogP contribution in [-0.2, 0) is 33.7 Å². The van der Waals surface area contributed by atoms with Crippen molar-refractivity contribution in [3.05, 3.63) is 65.2 Å². The van der Waals surface area contributed by atoms with Crippen LogP contribution >= 0.6 is 11.8 Å². The molecule has 0 aromatic heterocycles. The SMILES string of the molecule is COc1ccc(C[C@H](OC(C)C)C(=O)N2C(=O)OC[C@@H]2Cc2ccccc2)cc1CNCl. The van der Waals surface area contributed by atoms with Gasteiger partial charge in [-0.05, 0) is 49.2 Å². The monoisotopic (exact) mass is 460 g/mol. The Morgan fingerprint density at radius 2 is 1.97 bits per heavy atom. The van der Waals surface area contributed by atoms with Gasteiger partial charge >= 0.3 is 6.09 Å². The summed E-state index contributed by atoms with van der Waals surface area (Å²) in [5, 5.41) is 0. The number of hydrogen-bond donors (Lipinski definition) is 1. The van der Waals surface area contributed by atoms with Crippen LogP contribution in [0.25, 0.3) is 0 Å². The van der Waals surface area contributed by atoms with Crippen LogP contribution in [0.5, 0.6) is 5.75 Å². The highest BCUT2D eigenvalue weighted by Crippen LogP contribution is 2.24. The van der Waals surface area contributed by atoms with E-state index in [0.29, 0.717) is 25.1 Å². The Morgan fingerprint density at radius 1 is 1.22 bits per heavy atom. The molecular weight excluding hydrogens is 432 g/mol. The molecule has 0 unspecified atom stereocenters. The molecule has 0 spiro atoms. The number of carbonyl (C=O) groups is 2. The molecule has 1 fully saturated rings. The molecule has 7 nitrogen and oxygen atoms in total. The molecule has 1 aliphatic heterocycles. The molecule has 0 radical (unpaired) electrons. The van der Waals surface area contributed by atoms with Gasteiger partial charge in [0.25, 0.3) is 5.91 Å². The molecule has 172 valence electrons. The minimum Gasteiger partial charge on any atom is -0.496 e. The minimum absolute atomic E-state index is 0.169. The van der Waals surface area contributed by atoms with E-state index in [0.717, 1.165) is 16.7 Å². The van der Waals surface area contributed by atoms with Crippen LogP contribution in [-0.4, -0.2) is 48.9 Å². The lowest BCUT2D eigenvalue weighted by Gasteiger charge is -2.26. The van der Waals surface area contributed by atoms with E-state index in [-0.39, 0.29) is 18.8 Å². The van der Waals surface area contributed by atoms with E-state index < -0.39 is 18.1 Å². The number of hydrogen-bond acceptors (Lipinski definition) is 6. The fraction of sp³-hybridized carbons (Fsp3) is 0.417. The molecule has 1 N–H and O–H groups in total. The second-order valence-electron chi connectivity index (χ2n) is 7.96. The van der Waals surface area contributed by atoms with E-state index in [1.165, 1.54) is 4.90 Å². The Hall–Kier alpha value is -2.61. The maximum atomic E-state index is 13.5. The highest BCUT2D eigenvalue weighted by molar-refractivity contribution is 6.13. The van der Waals surface area contributed by atoms with Gasteiger partial charge in [0.1, 0.15) is 18.5 Å². The lowest BCUT2D eigenvalue weighted by molar-refractivity contribution is -0.144. The highest BCUT2D eigenvalue weighted by Gasteiger charge is 2.41. The first-order chi connectivity index (χ1) is 15.4. The molecule has 32 heavy (non-hydrogen) atoms. The van der Waals surface area contributed by atoms with Crippen LogP contribution in [0.15, 0.2) is 48.5 Å². The van der Waals surface area contributed by atoms with Gasteiger partial charge in [-0.1, -0.05) is 42.5 Å². The molecule has 2 aromatic rings. The average molecular weight is 461 g/mol. The van der Waals surface area contributed by atoms with Crippen molar-refractivity contribution in [1.82, 2.24) is 9.74 Å². The minimum atomic E-state index is -0.830. The lowest BCUT2D eigenvalue weighted by Crippen LogP contribution is -2.47. The summed E-state index contributed by atoms with van der Waals surface area (Å²) >= 11 is 5.68. The van der Waals surface area contributed by atoms with Gasteiger partial charge in [0.2, 0.25) is 0 Å². The Morgan fingerprint density at radius 3 is 2.62 bits per heavy atom. The number of cyclic esters (lactones) is 1. The third-order valence-electron chi connectivity index (χ3n) is 5.25. The van der Waals surface area contributed by atoms with Gasteiger partial charge in [0.05, 0.1) is 19.3 Å². The first-order valence-corrected chi connectivity index (χ1v) is 11.0. The summed E-state index contributed by atoms with van der Waals surface area (Å²) in [5.41, 5.74) is 2.76. The number of rotatable bonds is 10. The first-order valence-electron chi connectivity index (χ1n) is 10.6. The fourth-order valence-electron chi connectivity index (χ4n) is 3.83. The molecular formula is C24H29ClN2O5. The van der Waals surface area contributed by atoms with Crippen LogP contribution in [0.4, 0.5) is 4.79 Å². The smallest absolute Gasteiger partial charge is 0.417 e. The molecule has 8 heteroatoms. The van der Waals surface area contributed by atoms with Crippen LogP contribution in [0, 0.1) is 0 Å². The van der Waals surface area contributed by atoms with Gasteiger partial charge in [-0.3, -0.25) is 4.79 Å². The maximum absolute atomic E-state index is 13.5. The maximum Gasteiger partial charge on any atom is 0.417 e. The summed E-state index contributed by atoms with van der Waals surface area (Å²) < 4.78 is 16.6. The van der Waals surface area contributed by atoms with Crippen molar-refractivity contribution in [2.75, 3.05) is 13.7 Å². The van der Waals surface area contributed by atoms with E-state index in [9.17, 15) is 9.59 Å². The molecule has 2 amide bonds. The van der Waals surface area contributed by atoms with Crippen LogP contribution in [0.2, 0.25) is 0 Å². The van der Waals surface area contributed by atoms with Crippen molar-refractivity contribution in [2.45, 2.75) is 51.5 Å². The Labute approximate surface area is 193 Å². The normalized spacial score (nSPS) is 16.8. The van der Waals surface area contributed by atoms with Crippen molar-refractivity contribution >= 4 is 23.8 Å². The van der Waals surface area contributed by atoms with Gasteiger partial charge in [-0.15, -0.1) is 0 Å². The molecule has 1 aliphatic rings. The van der Waals surface area contributed by atoms with Crippen LogP contribution in [0.3, 0.4) is 0 Å². The van der Waals surface area contributed by atoms with E-state index in [1.54, 1.807) is 7.11 Å². The zero-order valence-corrected chi connectivity index (χ0v) is 19.3. The fourth-order valence-corrected chi connectivity index (χ4v) is 3.97. The predicted molar refractivity (Wildman–Crippen MR) is 122 cm³/mol. The number of methoxy groups -OCH3 is 1. The molecule has 0 aliphatic carbocycles. The highest BCUT2D eigenvalue weighted by atomic mass is 35.5. The molecule has 2 atom stereocenters. The van der Waals surface area contributed by atoms with Crippen molar-refractivity contribution < 1.29 is 23.8 Å². The number of ether oxygens (including phenoxy) is 3. The number of amides is 2. The van der Waals surface area contributed by atoms with Crippen molar-refractivity contribution in [1.29, 1.82) is 0 Å². The summed E-state index contributed by atoms with van der Waals surface area (Å²) in [6, 6.07) is 15.0. The topological polar surface area (TPSA) is 77.1 Å². The Bertz CT molecular complexity index is 922. The van der Waals surface area contributed by atoms with E-state index in [1.807, 2.05) is 62.4 Å². The first kappa shape index (κ1) is 24.0. The lowest BCUT2D eigenvalue weighted by atomic mass is 10.0. The Balaban J connectivity index is 1.82. The zero-order chi connectivity index (χ0) is 23.1. The van der Waals surface area contributed by atoms with Gasteiger partial charge in [-0.25, -0.2) is 14.5 Å². The Kier molecular flexibility index (Phi) is 8.50. The van der Waals surface area contributed by atoms with E-state index in [4.69, 9.17) is 26.0 Å². The molecule has 1 heterocycles. The molecule has 2 aromatic carbocycles. The summed E-state index contributed by atoms with van der Waals surface area (Å²) in [7, 11) is 1.59. The van der Waals surface area contributed by atoms with Crippen LogP contribution < -0.4 is 9.57 Å². The number of nitrogens with zero attached hydrogens (tertiary/aromatic N) is 1. The number of halogens is 1. The number of benzene rings is 2. The predicted octanol–water partition coefficient (Wildman–Crippen LogP) is 3.86. The largest absolute Gasteiger partial charge is 0.496 e. The number of nitrogens with one attached hydrogen (secondary N) is 1.